The molecule has 0 aliphatic heterocycles. The van der Waals surface area contributed by atoms with Gasteiger partial charge in [-0.1, -0.05) is 30.3 Å². The zero-order valence-corrected chi connectivity index (χ0v) is 12.2. The minimum absolute atomic E-state index is 0.112. The molecule has 0 saturated heterocycles. The Morgan fingerprint density at radius 3 is 2.24 bits per heavy atom. The number of hydrogen-bond donors (Lipinski definition) is 0. The summed E-state index contributed by atoms with van der Waals surface area (Å²) in [7, 11) is 2.61. The second kappa shape index (κ2) is 6.26. The molecule has 110 valence electrons. The number of rotatable bonds is 4. The van der Waals surface area contributed by atoms with Crippen molar-refractivity contribution in [2.45, 2.75) is 13.0 Å². The van der Waals surface area contributed by atoms with E-state index >= 15 is 0 Å². The quantitative estimate of drug-likeness (QED) is 0.811. The van der Waals surface area contributed by atoms with Gasteiger partial charge in [-0.3, -0.25) is 0 Å². The fraction of sp³-hybridized carbons (Fsp3) is 0.250. The van der Waals surface area contributed by atoms with Gasteiger partial charge in [-0.15, -0.1) is 0 Å². The maximum atomic E-state index is 11.9. The Bertz CT molecular complexity index is 646. The third kappa shape index (κ3) is 2.97. The zero-order valence-electron chi connectivity index (χ0n) is 12.2. The average Bonchev–Trinajstić information content (AvgIpc) is 2.98. The first-order valence-corrected chi connectivity index (χ1v) is 6.52. The number of methoxy groups -OCH3 is 2. The van der Waals surface area contributed by atoms with Gasteiger partial charge in [-0.05, 0) is 18.6 Å². The van der Waals surface area contributed by atoms with Gasteiger partial charge in [0.15, 0.2) is 0 Å². The fourth-order valence-electron chi connectivity index (χ4n) is 2.19. The SMILES string of the molecule is COC(=O)c1cc(C(=O)OC)n(C(C)c2ccccc2)c1. The summed E-state index contributed by atoms with van der Waals surface area (Å²) in [5, 5.41) is 0. The van der Waals surface area contributed by atoms with Crippen LogP contribution < -0.4 is 0 Å². The molecular formula is C16H17NO4. The van der Waals surface area contributed by atoms with Crippen LogP contribution in [0.15, 0.2) is 42.6 Å². The lowest BCUT2D eigenvalue weighted by atomic mass is 10.1. The summed E-state index contributed by atoms with van der Waals surface area (Å²) in [5.41, 5.74) is 1.66. The highest BCUT2D eigenvalue weighted by Gasteiger charge is 2.21. The molecule has 5 nitrogen and oxygen atoms in total. The summed E-state index contributed by atoms with van der Waals surface area (Å²) in [6.07, 6.45) is 1.61. The van der Waals surface area contributed by atoms with Crippen molar-refractivity contribution in [2.24, 2.45) is 0 Å². The lowest BCUT2D eigenvalue weighted by Gasteiger charge is -2.16. The lowest BCUT2D eigenvalue weighted by Crippen LogP contribution is -2.14. The van der Waals surface area contributed by atoms with Crippen molar-refractivity contribution in [1.29, 1.82) is 0 Å². The number of esters is 2. The van der Waals surface area contributed by atoms with Gasteiger partial charge in [0.2, 0.25) is 0 Å². The van der Waals surface area contributed by atoms with Crippen LogP contribution in [0.25, 0.3) is 0 Å². The van der Waals surface area contributed by atoms with Crippen LogP contribution in [0.3, 0.4) is 0 Å². The van der Waals surface area contributed by atoms with E-state index in [0.29, 0.717) is 11.3 Å². The molecule has 0 aliphatic rings. The van der Waals surface area contributed by atoms with E-state index in [4.69, 9.17) is 9.47 Å². The van der Waals surface area contributed by atoms with E-state index < -0.39 is 11.9 Å². The van der Waals surface area contributed by atoms with Crippen molar-refractivity contribution in [3.63, 3.8) is 0 Å². The minimum Gasteiger partial charge on any atom is -0.465 e. The molecule has 5 heteroatoms. The van der Waals surface area contributed by atoms with E-state index in [9.17, 15) is 9.59 Å². The molecule has 1 heterocycles. The van der Waals surface area contributed by atoms with Gasteiger partial charge < -0.3 is 14.0 Å². The molecule has 0 radical (unpaired) electrons. The molecule has 1 unspecified atom stereocenters. The summed E-state index contributed by atoms with van der Waals surface area (Å²) in [6.45, 7) is 1.95. The third-order valence-corrected chi connectivity index (χ3v) is 3.36. The van der Waals surface area contributed by atoms with Crippen molar-refractivity contribution in [3.05, 3.63) is 59.4 Å². The van der Waals surface area contributed by atoms with Gasteiger partial charge in [0.05, 0.1) is 25.8 Å². The number of nitrogens with zero attached hydrogens (tertiary/aromatic N) is 1. The summed E-state index contributed by atoms with van der Waals surface area (Å²) >= 11 is 0. The monoisotopic (exact) mass is 287 g/mol. The van der Waals surface area contributed by atoms with Gasteiger partial charge in [-0.25, -0.2) is 9.59 Å². The smallest absolute Gasteiger partial charge is 0.354 e. The molecule has 21 heavy (non-hydrogen) atoms. The maximum Gasteiger partial charge on any atom is 0.354 e. The Balaban J connectivity index is 2.48. The van der Waals surface area contributed by atoms with E-state index in [0.717, 1.165) is 5.56 Å². The predicted molar refractivity (Wildman–Crippen MR) is 77.4 cm³/mol. The average molecular weight is 287 g/mol. The second-order valence-electron chi connectivity index (χ2n) is 4.59. The highest BCUT2D eigenvalue weighted by atomic mass is 16.5. The summed E-state index contributed by atoms with van der Waals surface area (Å²) in [5.74, 6) is -0.980. The van der Waals surface area contributed by atoms with E-state index in [1.54, 1.807) is 10.8 Å². The number of carbonyl (C=O) groups excluding carboxylic acids is 2. The first-order chi connectivity index (χ1) is 10.1. The number of carbonyl (C=O) groups is 2. The standard InChI is InChI=1S/C16H17NO4/c1-11(12-7-5-4-6-8-12)17-10-13(15(18)20-2)9-14(17)16(19)21-3/h4-11H,1-3H3. The summed E-state index contributed by atoms with van der Waals surface area (Å²) in [6, 6.07) is 11.1. The maximum absolute atomic E-state index is 11.9. The molecule has 1 aromatic carbocycles. The van der Waals surface area contributed by atoms with E-state index in [2.05, 4.69) is 0 Å². The molecule has 2 rings (SSSR count). The molecule has 0 saturated carbocycles. The highest BCUT2D eigenvalue weighted by Crippen LogP contribution is 2.23. The van der Waals surface area contributed by atoms with Crippen LogP contribution in [0.5, 0.6) is 0 Å². The largest absolute Gasteiger partial charge is 0.465 e. The van der Waals surface area contributed by atoms with Crippen LogP contribution in [0.2, 0.25) is 0 Å². The normalized spacial score (nSPS) is 11.8. The Hall–Kier alpha value is -2.56. The first kappa shape index (κ1) is 14.8. The van der Waals surface area contributed by atoms with Crippen molar-refractivity contribution in [3.8, 4) is 0 Å². The molecule has 2 aromatic rings. The van der Waals surface area contributed by atoms with Crippen molar-refractivity contribution in [2.75, 3.05) is 14.2 Å². The molecule has 0 N–H and O–H groups in total. The van der Waals surface area contributed by atoms with Gasteiger partial charge >= 0.3 is 11.9 Å². The Labute approximate surface area is 123 Å². The van der Waals surface area contributed by atoms with Crippen LogP contribution in [-0.2, 0) is 9.47 Å². The van der Waals surface area contributed by atoms with Crippen molar-refractivity contribution in [1.82, 2.24) is 4.57 Å². The van der Waals surface area contributed by atoms with Crippen LogP contribution in [0, 0.1) is 0 Å². The molecule has 0 bridgehead atoms. The molecule has 0 aliphatic carbocycles. The predicted octanol–water partition coefficient (Wildman–Crippen LogP) is 2.67. The van der Waals surface area contributed by atoms with Crippen LogP contribution >= 0.6 is 0 Å². The second-order valence-corrected chi connectivity index (χ2v) is 4.59. The highest BCUT2D eigenvalue weighted by molar-refractivity contribution is 5.95. The number of hydrogen-bond acceptors (Lipinski definition) is 4. The van der Waals surface area contributed by atoms with Gasteiger partial charge in [0.25, 0.3) is 0 Å². The van der Waals surface area contributed by atoms with Crippen LogP contribution in [-0.4, -0.2) is 30.7 Å². The fourth-order valence-corrected chi connectivity index (χ4v) is 2.19. The molecular weight excluding hydrogens is 270 g/mol. The molecule has 0 spiro atoms. The van der Waals surface area contributed by atoms with Gasteiger partial charge in [-0.2, -0.15) is 0 Å². The van der Waals surface area contributed by atoms with Crippen LogP contribution in [0.1, 0.15) is 39.4 Å². The molecule has 1 atom stereocenters. The number of ether oxygens (including phenoxy) is 2. The number of aromatic nitrogens is 1. The van der Waals surface area contributed by atoms with Gasteiger partial charge in [0, 0.05) is 6.20 Å². The first-order valence-electron chi connectivity index (χ1n) is 6.52. The molecule has 1 aromatic heterocycles. The topological polar surface area (TPSA) is 57.5 Å². The minimum atomic E-state index is -0.493. The van der Waals surface area contributed by atoms with Crippen LogP contribution in [0.4, 0.5) is 0 Å². The molecule has 0 amide bonds. The van der Waals surface area contributed by atoms with E-state index in [1.165, 1.54) is 20.3 Å². The Morgan fingerprint density at radius 1 is 1.05 bits per heavy atom. The van der Waals surface area contributed by atoms with Gasteiger partial charge in [0.1, 0.15) is 5.69 Å². The zero-order chi connectivity index (χ0) is 15.4. The Morgan fingerprint density at radius 2 is 1.67 bits per heavy atom. The summed E-state index contributed by atoms with van der Waals surface area (Å²) < 4.78 is 11.2. The molecule has 0 fully saturated rings. The van der Waals surface area contributed by atoms with E-state index in [-0.39, 0.29) is 6.04 Å². The van der Waals surface area contributed by atoms with Crippen molar-refractivity contribution < 1.29 is 19.1 Å². The number of benzene rings is 1. The lowest BCUT2D eigenvalue weighted by molar-refractivity contribution is 0.0586. The Kier molecular flexibility index (Phi) is 4.42. The summed E-state index contributed by atoms with van der Waals surface area (Å²) in [4.78, 5) is 23.6. The van der Waals surface area contributed by atoms with E-state index in [1.807, 2.05) is 37.3 Å². The van der Waals surface area contributed by atoms with Crippen molar-refractivity contribution >= 4 is 11.9 Å². The third-order valence-electron chi connectivity index (χ3n) is 3.36.